The van der Waals surface area contributed by atoms with Crippen molar-refractivity contribution >= 4 is 0 Å². The highest BCUT2D eigenvalue weighted by Gasteiger charge is 2.13. The van der Waals surface area contributed by atoms with Gasteiger partial charge in [0, 0.05) is 0 Å². The Morgan fingerprint density at radius 3 is 2.64 bits per heavy atom. The zero-order valence-corrected chi connectivity index (χ0v) is 8.41. The lowest BCUT2D eigenvalue weighted by Gasteiger charge is -2.12. The Morgan fingerprint density at radius 1 is 1.50 bits per heavy atom. The van der Waals surface area contributed by atoms with Crippen LogP contribution >= 0.6 is 0 Å². The van der Waals surface area contributed by atoms with E-state index in [1.54, 1.807) is 0 Å². The number of aryl methyl sites for hydroxylation is 2. The molecule has 0 aromatic heterocycles. The highest BCUT2D eigenvalue weighted by Crippen LogP contribution is 2.23. The normalized spacial score (nSPS) is 11.9. The Balaban J connectivity index is 3.09. The summed E-state index contributed by atoms with van der Waals surface area (Å²) in [6.07, 6.45) is -0.874. The van der Waals surface area contributed by atoms with Crippen LogP contribution in [0.5, 0.6) is 0 Å². The maximum atomic E-state index is 9.74. The van der Waals surface area contributed by atoms with E-state index in [4.69, 9.17) is 5.26 Å². The number of aliphatic hydroxyl groups excluding tert-OH is 1. The van der Waals surface area contributed by atoms with Gasteiger partial charge in [0.05, 0.1) is 11.6 Å². The minimum Gasteiger partial charge on any atom is -0.383 e. The first-order valence-corrected chi connectivity index (χ1v) is 4.40. The van der Waals surface area contributed by atoms with Crippen LogP contribution < -0.4 is 0 Å². The van der Waals surface area contributed by atoms with Crippen molar-refractivity contribution in [2.24, 2.45) is 0 Å². The molecule has 0 aliphatic heterocycles. The minimum absolute atomic E-state index is 0.178. The maximum Gasteiger partial charge on any atom is 0.114 e. The molecule has 14 heavy (non-hydrogen) atoms. The molecule has 1 N–H and O–H groups in total. The average molecular weight is 187 g/mol. The fourth-order valence-corrected chi connectivity index (χ4v) is 1.38. The van der Waals surface area contributed by atoms with Crippen LogP contribution in [0.1, 0.15) is 22.8 Å². The fraction of sp³-hybridized carbons (Fsp3) is 0.250. The summed E-state index contributed by atoms with van der Waals surface area (Å²) >= 11 is 0. The molecule has 0 radical (unpaired) electrons. The van der Waals surface area contributed by atoms with Gasteiger partial charge < -0.3 is 5.11 Å². The third kappa shape index (κ3) is 2.01. The van der Waals surface area contributed by atoms with Crippen LogP contribution in [-0.2, 0) is 0 Å². The van der Waals surface area contributed by atoms with Crippen molar-refractivity contribution in [3.05, 3.63) is 47.0 Å². The Morgan fingerprint density at radius 2 is 2.14 bits per heavy atom. The number of nitrogens with zero attached hydrogens (tertiary/aromatic N) is 1. The van der Waals surface area contributed by atoms with Gasteiger partial charge in [-0.3, -0.25) is 0 Å². The molecule has 1 atom stereocenters. The first-order chi connectivity index (χ1) is 6.56. The molecule has 0 aliphatic rings. The molecule has 0 saturated heterocycles. The van der Waals surface area contributed by atoms with Crippen molar-refractivity contribution in [1.29, 1.82) is 5.26 Å². The molecule has 72 valence electrons. The highest BCUT2D eigenvalue weighted by atomic mass is 16.3. The topological polar surface area (TPSA) is 44.0 Å². The summed E-state index contributed by atoms with van der Waals surface area (Å²) in [5.74, 6) is 0. The van der Waals surface area contributed by atoms with Gasteiger partial charge in [0.25, 0.3) is 0 Å². The molecule has 0 bridgehead atoms. The minimum atomic E-state index is -0.874. The van der Waals surface area contributed by atoms with Crippen LogP contribution in [0.15, 0.2) is 30.4 Å². The van der Waals surface area contributed by atoms with E-state index in [0.29, 0.717) is 0 Å². The quantitative estimate of drug-likeness (QED) is 0.722. The Hall–Kier alpha value is -1.59. The van der Waals surface area contributed by atoms with E-state index in [0.717, 1.165) is 16.7 Å². The van der Waals surface area contributed by atoms with E-state index < -0.39 is 6.10 Å². The van der Waals surface area contributed by atoms with Crippen molar-refractivity contribution in [1.82, 2.24) is 0 Å². The van der Waals surface area contributed by atoms with Gasteiger partial charge in [0.15, 0.2) is 0 Å². The summed E-state index contributed by atoms with van der Waals surface area (Å²) < 4.78 is 0. The second-order valence-corrected chi connectivity index (χ2v) is 3.40. The molecular weight excluding hydrogens is 174 g/mol. The summed E-state index contributed by atoms with van der Waals surface area (Å²) in [7, 11) is 0. The van der Waals surface area contributed by atoms with Gasteiger partial charge in [-0.05, 0) is 25.0 Å². The number of rotatable bonds is 2. The van der Waals surface area contributed by atoms with Crippen LogP contribution in [-0.4, -0.2) is 5.11 Å². The molecule has 0 heterocycles. The van der Waals surface area contributed by atoms with Crippen molar-refractivity contribution in [2.45, 2.75) is 20.0 Å². The summed E-state index contributed by atoms with van der Waals surface area (Å²) in [6.45, 7) is 7.40. The molecule has 1 unspecified atom stereocenters. The predicted molar refractivity (Wildman–Crippen MR) is 55.6 cm³/mol. The van der Waals surface area contributed by atoms with Gasteiger partial charge in [0.1, 0.15) is 6.10 Å². The van der Waals surface area contributed by atoms with E-state index in [1.165, 1.54) is 0 Å². The number of hydrogen-bond donors (Lipinski definition) is 1. The van der Waals surface area contributed by atoms with Crippen molar-refractivity contribution in [3.8, 4) is 6.07 Å². The Bertz CT molecular complexity index is 401. The molecule has 1 aromatic rings. The van der Waals surface area contributed by atoms with Crippen LogP contribution in [0.25, 0.3) is 0 Å². The zero-order chi connectivity index (χ0) is 10.7. The smallest absolute Gasteiger partial charge is 0.114 e. The lowest BCUT2D eigenvalue weighted by molar-refractivity contribution is 0.220. The Kier molecular flexibility index (Phi) is 3.06. The Labute approximate surface area is 84.1 Å². The first kappa shape index (κ1) is 10.5. The molecule has 1 rings (SSSR count). The number of benzene rings is 1. The summed E-state index contributed by atoms with van der Waals surface area (Å²) in [6, 6.07) is 7.58. The third-order valence-electron chi connectivity index (χ3n) is 2.19. The SMILES string of the molecule is C=C(C#N)C(O)c1ccc(C)cc1C. The standard InChI is InChI=1S/C12H13NO/c1-8-4-5-11(9(2)6-8)12(14)10(3)7-13/h4-6,12,14H,3H2,1-2H3. The van der Waals surface area contributed by atoms with Crippen LogP contribution in [0.3, 0.4) is 0 Å². The fourth-order valence-electron chi connectivity index (χ4n) is 1.38. The lowest BCUT2D eigenvalue weighted by Crippen LogP contribution is -2.01. The zero-order valence-electron chi connectivity index (χ0n) is 8.41. The monoisotopic (exact) mass is 187 g/mol. The third-order valence-corrected chi connectivity index (χ3v) is 2.19. The molecule has 0 amide bonds. The van der Waals surface area contributed by atoms with Gasteiger partial charge in [-0.1, -0.05) is 30.3 Å². The van der Waals surface area contributed by atoms with Gasteiger partial charge in [-0.2, -0.15) is 5.26 Å². The second-order valence-electron chi connectivity index (χ2n) is 3.40. The molecule has 0 fully saturated rings. The van der Waals surface area contributed by atoms with Gasteiger partial charge in [-0.15, -0.1) is 0 Å². The molecule has 0 saturated carbocycles. The summed E-state index contributed by atoms with van der Waals surface area (Å²) in [5.41, 5.74) is 3.05. The summed E-state index contributed by atoms with van der Waals surface area (Å²) in [5, 5.41) is 18.3. The van der Waals surface area contributed by atoms with Gasteiger partial charge >= 0.3 is 0 Å². The maximum absolute atomic E-state index is 9.74. The van der Waals surface area contributed by atoms with Gasteiger partial charge in [0.2, 0.25) is 0 Å². The van der Waals surface area contributed by atoms with Crippen molar-refractivity contribution in [2.75, 3.05) is 0 Å². The predicted octanol–water partition coefficient (Wildman–Crippen LogP) is 2.42. The lowest BCUT2D eigenvalue weighted by atomic mass is 9.97. The van der Waals surface area contributed by atoms with Crippen LogP contribution in [0.2, 0.25) is 0 Å². The molecule has 2 heteroatoms. The van der Waals surface area contributed by atoms with Gasteiger partial charge in [-0.25, -0.2) is 0 Å². The number of aliphatic hydroxyl groups is 1. The van der Waals surface area contributed by atoms with Crippen LogP contribution in [0, 0.1) is 25.2 Å². The van der Waals surface area contributed by atoms with E-state index in [-0.39, 0.29) is 5.57 Å². The first-order valence-electron chi connectivity index (χ1n) is 4.40. The number of hydrogen-bond acceptors (Lipinski definition) is 2. The van der Waals surface area contributed by atoms with E-state index in [9.17, 15) is 5.11 Å². The average Bonchev–Trinajstić information content (AvgIpc) is 2.15. The highest BCUT2D eigenvalue weighted by molar-refractivity contribution is 5.38. The molecule has 1 aromatic carbocycles. The largest absolute Gasteiger partial charge is 0.383 e. The molecule has 0 aliphatic carbocycles. The van der Waals surface area contributed by atoms with E-state index >= 15 is 0 Å². The van der Waals surface area contributed by atoms with Crippen molar-refractivity contribution in [3.63, 3.8) is 0 Å². The molecule has 2 nitrogen and oxygen atoms in total. The van der Waals surface area contributed by atoms with Crippen molar-refractivity contribution < 1.29 is 5.11 Å². The van der Waals surface area contributed by atoms with Crippen LogP contribution in [0.4, 0.5) is 0 Å². The summed E-state index contributed by atoms with van der Waals surface area (Å²) in [4.78, 5) is 0. The van der Waals surface area contributed by atoms with E-state index in [2.05, 4.69) is 6.58 Å². The number of nitriles is 1. The molecule has 0 spiro atoms. The second kappa shape index (κ2) is 4.08. The van der Waals surface area contributed by atoms with E-state index in [1.807, 2.05) is 38.1 Å². The molecular formula is C12H13NO.